The van der Waals surface area contributed by atoms with Gasteiger partial charge in [-0.05, 0) is 37.0 Å². The number of benzene rings is 1. The Morgan fingerprint density at radius 1 is 1.15 bits per heavy atom. The van der Waals surface area contributed by atoms with Gasteiger partial charge in [0.25, 0.3) is 0 Å². The second-order valence-electron chi connectivity index (χ2n) is 6.81. The Balaban J connectivity index is 0.00000338. The minimum atomic E-state index is -3.23. The van der Waals surface area contributed by atoms with E-state index in [2.05, 4.69) is 26.0 Å². The largest absolute Gasteiger partial charge is 0.379 e. The summed E-state index contributed by atoms with van der Waals surface area (Å²) in [6, 6.07) is 7.93. The van der Waals surface area contributed by atoms with E-state index in [9.17, 15) is 8.42 Å². The molecule has 1 saturated heterocycles. The van der Waals surface area contributed by atoms with Crippen molar-refractivity contribution in [2.75, 3.05) is 23.3 Å². The first-order chi connectivity index (χ1) is 12.1. The van der Waals surface area contributed by atoms with Gasteiger partial charge in [-0.1, -0.05) is 44.7 Å². The van der Waals surface area contributed by atoms with Crippen LogP contribution in [0.25, 0.3) is 0 Å². The van der Waals surface area contributed by atoms with Crippen molar-refractivity contribution < 1.29 is 45.9 Å². The number of aryl methyl sites for hydroxylation is 1. The first kappa shape index (κ1) is 24.1. The molecule has 1 radical (unpaired) electrons. The maximum absolute atomic E-state index is 12.5. The smallest absolute Gasteiger partial charge is 0.235 e. The predicted molar refractivity (Wildman–Crippen MR) is 104 cm³/mol. The monoisotopic (exact) mass is 455 g/mol. The van der Waals surface area contributed by atoms with Crippen molar-refractivity contribution in [3.8, 4) is 0 Å². The second kappa shape index (κ2) is 12.5. The van der Waals surface area contributed by atoms with Crippen molar-refractivity contribution in [2.24, 2.45) is 0 Å². The molecule has 6 heteroatoms. The average molecular weight is 455 g/mol. The summed E-state index contributed by atoms with van der Waals surface area (Å²) in [5.41, 5.74) is 2.04. The first-order valence-electron chi connectivity index (χ1n) is 9.56. The topological polar surface area (TPSA) is 46.6 Å². The summed E-state index contributed by atoms with van der Waals surface area (Å²) < 4.78 is 32.1. The molecule has 1 atom stereocenters. The summed E-state index contributed by atoms with van der Waals surface area (Å²) in [7, 11) is -3.23. The van der Waals surface area contributed by atoms with Crippen LogP contribution in [0.1, 0.15) is 57.4 Å². The summed E-state index contributed by atoms with van der Waals surface area (Å²) in [6.45, 7) is 7.11. The number of sulfonamides is 1. The Bertz CT molecular complexity index is 604. The van der Waals surface area contributed by atoms with Gasteiger partial charge >= 0.3 is 0 Å². The van der Waals surface area contributed by atoms with Crippen LogP contribution in [-0.4, -0.2) is 33.4 Å². The zero-order chi connectivity index (χ0) is 18.1. The predicted octanol–water partition coefficient (Wildman–Crippen LogP) is 4.35. The molecule has 0 spiro atoms. The molecule has 4 nitrogen and oxygen atoms in total. The molecule has 0 saturated carbocycles. The van der Waals surface area contributed by atoms with E-state index in [0.29, 0.717) is 19.6 Å². The average Bonchev–Trinajstić information content (AvgIpc) is 2.91. The van der Waals surface area contributed by atoms with Crippen LogP contribution in [0.3, 0.4) is 0 Å². The molecular formula is C20H32NO3SY-. The van der Waals surface area contributed by atoms with Gasteiger partial charge in [-0.25, -0.2) is 8.42 Å². The third-order valence-electron chi connectivity index (χ3n) is 4.70. The van der Waals surface area contributed by atoms with Crippen LogP contribution in [0.4, 0.5) is 5.69 Å². The van der Waals surface area contributed by atoms with Crippen LogP contribution >= 0.6 is 0 Å². The number of unbranched alkanes of at least 4 members (excludes halogenated alkanes) is 4. The number of rotatable bonds is 11. The van der Waals surface area contributed by atoms with Crippen LogP contribution in [0.15, 0.2) is 24.3 Å². The molecule has 1 aromatic carbocycles. The molecule has 26 heavy (non-hydrogen) atoms. The number of hydrogen-bond donors (Lipinski definition) is 0. The van der Waals surface area contributed by atoms with Gasteiger partial charge in [-0.2, -0.15) is 6.42 Å². The number of ether oxygens (including phenoxy) is 1. The van der Waals surface area contributed by atoms with Gasteiger partial charge in [0, 0.05) is 39.3 Å². The van der Waals surface area contributed by atoms with Gasteiger partial charge < -0.3 is 11.7 Å². The summed E-state index contributed by atoms with van der Waals surface area (Å²) in [6.07, 6.45) is 8.40. The van der Waals surface area contributed by atoms with Crippen LogP contribution in [0, 0.1) is 6.92 Å². The fourth-order valence-corrected chi connectivity index (χ4v) is 5.07. The van der Waals surface area contributed by atoms with Crippen LogP contribution in [-0.2, 0) is 53.9 Å². The zero-order valence-corrected chi connectivity index (χ0v) is 19.7. The molecule has 0 N–H and O–H groups in total. The molecule has 1 fully saturated rings. The maximum atomic E-state index is 12.5. The van der Waals surface area contributed by atoms with E-state index >= 15 is 0 Å². The van der Waals surface area contributed by atoms with Gasteiger partial charge in [0.2, 0.25) is 10.0 Å². The number of hydrogen-bond acceptors (Lipinski definition) is 3. The van der Waals surface area contributed by atoms with E-state index in [-0.39, 0.29) is 44.5 Å². The Morgan fingerprint density at radius 2 is 1.88 bits per heavy atom. The third-order valence-corrected chi connectivity index (χ3v) is 6.56. The van der Waals surface area contributed by atoms with Gasteiger partial charge in [-0.15, -0.1) is 0 Å². The molecular weight excluding hydrogens is 423 g/mol. The second-order valence-corrected chi connectivity index (χ2v) is 8.78. The molecule has 1 aliphatic rings. The van der Waals surface area contributed by atoms with Crippen LogP contribution in [0.2, 0.25) is 0 Å². The minimum absolute atomic E-state index is 0. The Kier molecular flexibility index (Phi) is 11.6. The molecule has 1 heterocycles. The van der Waals surface area contributed by atoms with Gasteiger partial charge in [0.1, 0.15) is 0 Å². The molecule has 1 aromatic rings. The van der Waals surface area contributed by atoms with E-state index < -0.39 is 10.0 Å². The summed E-state index contributed by atoms with van der Waals surface area (Å²) in [4.78, 5) is 0. The van der Waals surface area contributed by atoms with Crippen molar-refractivity contribution in [1.29, 1.82) is 0 Å². The van der Waals surface area contributed by atoms with E-state index in [1.165, 1.54) is 31.2 Å². The molecule has 0 aromatic heterocycles. The molecule has 145 valence electrons. The van der Waals surface area contributed by atoms with E-state index in [1.807, 2.05) is 12.1 Å². The Morgan fingerprint density at radius 3 is 2.54 bits per heavy atom. The molecule has 0 bridgehead atoms. The first-order valence-corrected chi connectivity index (χ1v) is 11.2. The molecule has 0 amide bonds. The van der Waals surface area contributed by atoms with E-state index in [4.69, 9.17) is 4.74 Å². The van der Waals surface area contributed by atoms with Crippen molar-refractivity contribution in [1.82, 2.24) is 0 Å². The van der Waals surface area contributed by atoms with Crippen LogP contribution < -0.4 is 4.31 Å². The maximum Gasteiger partial charge on any atom is 0.235 e. The van der Waals surface area contributed by atoms with Gasteiger partial charge in [0.15, 0.2) is 0 Å². The van der Waals surface area contributed by atoms with Crippen molar-refractivity contribution in [2.45, 2.75) is 64.3 Å². The molecule has 1 aliphatic heterocycles. The molecule has 2 rings (SSSR count). The van der Waals surface area contributed by atoms with E-state index in [1.54, 1.807) is 4.31 Å². The van der Waals surface area contributed by atoms with Crippen molar-refractivity contribution in [3.63, 3.8) is 0 Å². The Labute approximate surface area is 185 Å². The summed E-state index contributed by atoms with van der Waals surface area (Å²) in [5.74, 6) is 0.204. The fourth-order valence-electron chi connectivity index (χ4n) is 3.24. The Hall–Kier alpha value is 0.0339. The zero-order valence-electron chi connectivity index (χ0n) is 16.0. The quantitative estimate of drug-likeness (QED) is 0.368. The fraction of sp³-hybridized carbons (Fsp3) is 0.650. The van der Waals surface area contributed by atoms with Gasteiger partial charge in [0.05, 0.1) is 24.1 Å². The number of nitrogens with zero attached hydrogens (tertiary/aromatic N) is 1. The molecule has 1 unspecified atom stereocenters. The normalized spacial score (nSPS) is 18.7. The summed E-state index contributed by atoms with van der Waals surface area (Å²) >= 11 is 0. The van der Waals surface area contributed by atoms with Crippen molar-refractivity contribution in [3.05, 3.63) is 36.8 Å². The third kappa shape index (κ3) is 7.22. The SMILES string of the molecule is [CH2-]CCCOCC1CCS(=O)(=O)N1c1ccc(CCCCCC)cc1.[Y]. The minimum Gasteiger partial charge on any atom is -0.379 e. The standard InChI is InChI=1S/C20H32NO3S.Y/c1-3-5-7-8-9-18-10-12-19(13-11-18)21-20(14-16-25(21,22)23)17-24-15-6-4-2;/h10-13,20H,2-9,14-17H2,1H3;/q-1;. The van der Waals surface area contributed by atoms with Gasteiger partial charge in [-0.3, -0.25) is 4.31 Å². The van der Waals surface area contributed by atoms with Crippen molar-refractivity contribution >= 4 is 15.7 Å². The summed E-state index contributed by atoms with van der Waals surface area (Å²) in [5, 5.41) is 0. The number of anilines is 1. The molecule has 0 aliphatic carbocycles. The van der Waals surface area contributed by atoms with Crippen LogP contribution in [0.5, 0.6) is 0 Å². The van der Waals surface area contributed by atoms with E-state index in [0.717, 1.165) is 24.9 Å².